The molecule has 0 aliphatic heterocycles. The van der Waals surface area contributed by atoms with E-state index in [1.54, 1.807) is 12.1 Å². The van der Waals surface area contributed by atoms with Gasteiger partial charge in [-0.3, -0.25) is 4.79 Å². The second-order valence-electron chi connectivity index (χ2n) is 6.84. The zero-order valence-electron chi connectivity index (χ0n) is 14.8. The Hall–Kier alpha value is -2.36. The van der Waals surface area contributed by atoms with Gasteiger partial charge in [0.15, 0.2) is 0 Å². The average Bonchev–Trinajstić information content (AvgIpc) is 3.44. The second kappa shape index (κ2) is 7.68. The van der Waals surface area contributed by atoms with E-state index in [-0.39, 0.29) is 17.8 Å². The van der Waals surface area contributed by atoms with Crippen LogP contribution in [-0.4, -0.2) is 11.9 Å². The summed E-state index contributed by atoms with van der Waals surface area (Å²) in [6.07, 6.45) is 3.16. The molecule has 1 aliphatic rings. The molecule has 0 spiro atoms. The summed E-state index contributed by atoms with van der Waals surface area (Å²) in [5, 5.41) is 6.33. The predicted octanol–water partition coefficient (Wildman–Crippen LogP) is 4.77. The molecule has 3 rings (SSSR count). The molecule has 1 fully saturated rings. The second-order valence-corrected chi connectivity index (χ2v) is 6.84. The molecule has 2 atom stereocenters. The molecule has 0 aromatic heterocycles. The molecule has 132 valence electrons. The molecule has 1 saturated carbocycles. The normalized spacial score (nSPS) is 16.1. The topological polar surface area (TPSA) is 41.1 Å². The Morgan fingerprint density at radius 1 is 1.08 bits per heavy atom. The Labute approximate surface area is 148 Å². The first-order valence-electron chi connectivity index (χ1n) is 8.99. The van der Waals surface area contributed by atoms with Crippen LogP contribution in [0.4, 0.5) is 10.1 Å². The van der Waals surface area contributed by atoms with Gasteiger partial charge in [-0.05, 0) is 60.6 Å². The molecule has 2 aromatic rings. The number of halogens is 1. The summed E-state index contributed by atoms with van der Waals surface area (Å²) in [6.45, 7) is 4.37. The largest absolute Gasteiger partial charge is 0.370 e. The van der Waals surface area contributed by atoms with Crippen LogP contribution in [0.2, 0.25) is 0 Å². The molecule has 2 N–H and O–H groups in total. The van der Waals surface area contributed by atoms with Crippen LogP contribution in [0.5, 0.6) is 0 Å². The van der Waals surface area contributed by atoms with E-state index in [2.05, 4.69) is 36.6 Å². The van der Waals surface area contributed by atoms with Crippen LogP contribution in [0, 0.1) is 5.82 Å². The summed E-state index contributed by atoms with van der Waals surface area (Å²) in [4.78, 5) is 12.6. The number of hydrogen-bond acceptors (Lipinski definition) is 2. The SMILES string of the molecule is CC[C@H](C)c1ccc(N[C@@H](C(=O)NC2CC2)c2ccc(F)cc2)cc1. The maximum Gasteiger partial charge on any atom is 0.247 e. The first-order valence-corrected chi connectivity index (χ1v) is 8.99. The van der Waals surface area contributed by atoms with E-state index in [9.17, 15) is 9.18 Å². The minimum absolute atomic E-state index is 0.0693. The Morgan fingerprint density at radius 3 is 2.24 bits per heavy atom. The molecule has 25 heavy (non-hydrogen) atoms. The van der Waals surface area contributed by atoms with Crippen LogP contribution in [0.15, 0.2) is 48.5 Å². The van der Waals surface area contributed by atoms with Crippen LogP contribution in [0.3, 0.4) is 0 Å². The van der Waals surface area contributed by atoms with Gasteiger partial charge in [-0.2, -0.15) is 0 Å². The van der Waals surface area contributed by atoms with Crippen LogP contribution in [0.1, 0.15) is 56.2 Å². The van der Waals surface area contributed by atoms with Gasteiger partial charge < -0.3 is 10.6 Å². The van der Waals surface area contributed by atoms with E-state index in [0.29, 0.717) is 5.92 Å². The third kappa shape index (κ3) is 4.59. The summed E-state index contributed by atoms with van der Waals surface area (Å²) in [5.74, 6) is 0.142. The fourth-order valence-corrected chi connectivity index (χ4v) is 2.78. The molecule has 0 saturated heterocycles. The van der Waals surface area contributed by atoms with Crippen molar-refractivity contribution in [3.8, 4) is 0 Å². The maximum absolute atomic E-state index is 13.2. The highest BCUT2D eigenvalue weighted by molar-refractivity contribution is 5.86. The summed E-state index contributed by atoms with van der Waals surface area (Å²) >= 11 is 0. The van der Waals surface area contributed by atoms with E-state index in [1.165, 1.54) is 17.7 Å². The summed E-state index contributed by atoms with van der Waals surface area (Å²) < 4.78 is 13.2. The van der Waals surface area contributed by atoms with Crippen molar-refractivity contribution in [1.82, 2.24) is 5.32 Å². The van der Waals surface area contributed by atoms with Crippen molar-refractivity contribution in [1.29, 1.82) is 0 Å². The summed E-state index contributed by atoms with van der Waals surface area (Å²) in [5.41, 5.74) is 2.92. The fraction of sp³-hybridized carbons (Fsp3) is 0.381. The standard InChI is InChI=1S/C21H25FN2O/c1-3-14(2)15-6-10-18(11-7-15)23-20(21(25)24-19-12-13-19)16-4-8-17(22)9-5-16/h4-11,14,19-20,23H,3,12-13H2,1-2H3,(H,24,25)/t14-,20+/m0/s1. The van der Waals surface area contributed by atoms with E-state index in [0.717, 1.165) is 30.5 Å². The van der Waals surface area contributed by atoms with Gasteiger partial charge in [0.05, 0.1) is 0 Å². The van der Waals surface area contributed by atoms with Crippen molar-refractivity contribution in [2.24, 2.45) is 0 Å². The van der Waals surface area contributed by atoms with Crippen molar-refractivity contribution in [3.05, 3.63) is 65.5 Å². The van der Waals surface area contributed by atoms with Gasteiger partial charge in [0.25, 0.3) is 0 Å². The zero-order valence-corrected chi connectivity index (χ0v) is 14.8. The van der Waals surface area contributed by atoms with E-state index in [4.69, 9.17) is 0 Å². The van der Waals surface area contributed by atoms with Gasteiger partial charge in [-0.1, -0.05) is 38.1 Å². The van der Waals surface area contributed by atoms with Crippen LogP contribution >= 0.6 is 0 Å². The minimum Gasteiger partial charge on any atom is -0.370 e. The number of amides is 1. The molecule has 4 heteroatoms. The van der Waals surface area contributed by atoms with Gasteiger partial charge in [-0.25, -0.2) is 4.39 Å². The van der Waals surface area contributed by atoms with E-state index >= 15 is 0 Å². The molecule has 1 amide bonds. The highest BCUT2D eigenvalue weighted by atomic mass is 19.1. The number of nitrogens with one attached hydrogen (secondary N) is 2. The van der Waals surface area contributed by atoms with Crippen molar-refractivity contribution >= 4 is 11.6 Å². The molecule has 0 heterocycles. The van der Waals surface area contributed by atoms with Crippen LogP contribution < -0.4 is 10.6 Å². The Balaban J connectivity index is 1.78. The van der Waals surface area contributed by atoms with Crippen molar-refractivity contribution in [2.75, 3.05) is 5.32 Å². The lowest BCUT2D eigenvalue weighted by Gasteiger charge is -2.20. The lowest BCUT2D eigenvalue weighted by Crippen LogP contribution is -2.34. The molecule has 3 nitrogen and oxygen atoms in total. The number of rotatable bonds is 7. The molecule has 0 unspecified atom stereocenters. The first kappa shape index (κ1) is 17.5. The average molecular weight is 340 g/mol. The van der Waals surface area contributed by atoms with Gasteiger partial charge in [0.1, 0.15) is 11.9 Å². The Kier molecular flexibility index (Phi) is 5.37. The quantitative estimate of drug-likeness (QED) is 0.762. The molecule has 0 radical (unpaired) electrons. The lowest BCUT2D eigenvalue weighted by atomic mass is 9.98. The van der Waals surface area contributed by atoms with Gasteiger partial charge >= 0.3 is 0 Å². The van der Waals surface area contributed by atoms with Gasteiger partial charge in [0.2, 0.25) is 5.91 Å². The number of hydrogen-bond donors (Lipinski definition) is 2. The Morgan fingerprint density at radius 2 is 1.68 bits per heavy atom. The first-order chi connectivity index (χ1) is 12.1. The van der Waals surface area contributed by atoms with Crippen LogP contribution in [-0.2, 0) is 4.79 Å². The maximum atomic E-state index is 13.2. The van der Waals surface area contributed by atoms with Crippen molar-refractivity contribution in [2.45, 2.75) is 51.1 Å². The zero-order chi connectivity index (χ0) is 17.8. The monoisotopic (exact) mass is 340 g/mol. The third-order valence-corrected chi connectivity index (χ3v) is 4.79. The highest BCUT2D eigenvalue weighted by Gasteiger charge is 2.28. The van der Waals surface area contributed by atoms with E-state index in [1.807, 2.05) is 12.1 Å². The third-order valence-electron chi connectivity index (χ3n) is 4.79. The van der Waals surface area contributed by atoms with Crippen molar-refractivity contribution in [3.63, 3.8) is 0 Å². The number of carbonyl (C=O) groups is 1. The molecular weight excluding hydrogens is 315 g/mol. The van der Waals surface area contributed by atoms with E-state index < -0.39 is 6.04 Å². The molecule has 1 aliphatic carbocycles. The number of carbonyl (C=O) groups excluding carboxylic acids is 1. The number of benzene rings is 2. The van der Waals surface area contributed by atoms with Gasteiger partial charge in [-0.15, -0.1) is 0 Å². The predicted molar refractivity (Wildman–Crippen MR) is 99.1 cm³/mol. The molecule has 2 aromatic carbocycles. The Bertz CT molecular complexity index is 708. The van der Waals surface area contributed by atoms with Crippen molar-refractivity contribution < 1.29 is 9.18 Å². The number of anilines is 1. The molecular formula is C21H25FN2O. The lowest BCUT2D eigenvalue weighted by molar-refractivity contribution is -0.122. The smallest absolute Gasteiger partial charge is 0.247 e. The summed E-state index contributed by atoms with van der Waals surface area (Å²) in [6, 6.07) is 14.0. The van der Waals surface area contributed by atoms with Crippen LogP contribution in [0.25, 0.3) is 0 Å². The molecule has 0 bridgehead atoms. The minimum atomic E-state index is -0.532. The highest BCUT2D eigenvalue weighted by Crippen LogP contribution is 2.26. The van der Waals surface area contributed by atoms with Gasteiger partial charge in [0, 0.05) is 11.7 Å². The summed E-state index contributed by atoms with van der Waals surface area (Å²) in [7, 11) is 0. The fourth-order valence-electron chi connectivity index (χ4n) is 2.78.